The number of esters is 1. The second-order valence-electron chi connectivity index (χ2n) is 8.46. The van der Waals surface area contributed by atoms with Crippen LogP contribution in [-0.2, 0) is 9.47 Å². The Balaban J connectivity index is 1.80. The van der Waals surface area contributed by atoms with Crippen LogP contribution in [0.15, 0.2) is 51.7 Å². The third kappa shape index (κ3) is 4.28. The number of aryl methyl sites for hydroxylation is 1. The molecule has 1 aliphatic heterocycles. The Morgan fingerprint density at radius 3 is 2.52 bits per heavy atom. The minimum Gasteiger partial charge on any atom is -0.465 e. The van der Waals surface area contributed by atoms with Crippen molar-refractivity contribution in [3.05, 3.63) is 80.7 Å². The number of rotatable bonds is 7. The lowest BCUT2D eigenvalue weighted by atomic mass is 9.97. The number of amides is 1. The topological polar surface area (TPSA) is 86.0 Å². The molecule has 1 atom stereocenters. The van der Waals surface area contributed by atoms with Crippen molar-refractivity contribution >= 4 is 22.8 Å². The molecule has 7 heteroatoms. The first-order valence-corrected chi connectivity index (χ1v) is 11.0. The van der Waals surface area contributed by atoms with Crippen molar-refractivity contribution in [2.24, 2.45) is 0 Å². The van der Waals surface area contributed by atoms with Gasteiger partial charge in [-0.05, 0) is 57.0 Å². The lowest BCUT2D eigenvalue weighted by Gasteiger charge is -2.25. The molecule has 0 aliphatic carbocycles. The Labute approximate surface area is 191 Å². The van der Waals surface area contributed by atoms with E-state index in [0.29, 0.717) is 41.7 Å². The molecule has 7 nitrogen and oxygen atoms in total. The molecule has 0 radical (unpaired) electrons. The van der Waals surface area contributed by atoms with Gasteiger partial charge in [0.1, 0.15) is 5.58 Å². The zero-order valence-corrected chi connectivity index (χ0v) is 19.2. The van der Waals surface area contributed by atoms with Crippen molar-refractivity contribution in [1.82, 2.24) is 4.90 Å². The van der Waals surface area contributed by atoms with Crippen LogP contribution in [0.25, 0.3) is 11.0 Å². The normalized spacial score (nSPS) is 15.4. The lowest BCUT2D eigenvalue weighted by Crippen LogP contribution is -2.31. The molecule has 1 amide bonds. The maximum atomic E-state index is 13.6. The van der Waals surface area contributed by atoms with Gasteiger partial charge in [-0.1, -0.05) is 23.8 Å². The van der Waals surface area contributed by atoms with E-state index >= 15 is 0 Å². The molecule has 172 valence electrons. The summed E-state index contributed by atoms with van der Waals surface area (Å²) in [5.41, 5.74) is 2.55. The van der Waals surface area contributed by atoms with E-state index in [1.165, 1.54) is 7.11 Å². The molecular formula is C26H27NO6. The molecule has 0 saturated carbocycles. The molecule has 3 aromatic rings. The van der Waals surface area contributed by atoms with Gasteiger partial charge in [0, 0.05) is 13.2 Å². The number of carbonyl (C=O) groups is 2. The van der Waals surface area contributed by atoms with E-state index in [1.54, 1.807) is 41.3 Å². The van der Waals surface area contributed by atoms with Crippen molar-refractivity contribution in [3.63, 3.8) is 0 Å². The second kappa shape index (κ2) is 9.19. The highest BCUT2D eigenvalue weighted by Gasteiger charge is 2.42. The van der Waals surface area contributed by atoms with Crippen molar-refractivity contribution in [3.8, 4) is 0 Å². The minimum absolute atomic E-state index is 0.0724. The zero-order valence-electron chi connectivity index (χ0n) is 19.2. The van der Waals surface area contributed by atoms with Gasteiger partial charge in [-0.15, -0.1) is 0 Å². The number of fused-ring (bicyclic) bond motifs is 2. The molecule has 4 rings (SSSR count). The van der Waals surface area contributed by atoms with Gasteiger partial charge in [-0.3, -0.25) is 9.59 Å². The van der Waals surface area contributed by atoms with E-state index in [0.717, 1.165) is 11.1 Å². The second-order valence-corrected chi connectivity index (χ2v) is 8.46. The summed E-state index contributed by atoms with van der Waals surface area (Å²) >= 11 is 0. The van der Waals surface area contributed by atoms with Crippen LogP contribution in [0.2, 0.25) is 0 Å². The number of carbonyl (C=O) groups excluding carboxylic acids is 2. The largest absolute Gasteiger partial charge is 0.465 e. The summed E-state index contributed by atoms with van der Waals surface area (Å²) in [4.78, 5) is 40.4. The van der Waals surface area contributed by atoms with E-state index in [2.05, 4.69) is 0 Å². The van der Waals surface area contributed by atoms with Crippen LogP contribution in [0, 0.1) is 6.92 Å². The monoisotopic (exact) mass is 449 g/mol. The minimum atomic E-state index is -0.612. The van der Waals surface area contributed by atoms with Crippen molar-refractivity contribution < 1.29 is 23.5 Å². The summed E-state index contributed by atoms with van der Waals surface area (Å²) in [5.74, 6) is -0.701. The van der Waals surface area contributed by atoms with E-state index in [9.17, 15) is 14.4 Å². The van der Waals surface area contributed by atoms with Crippen LogP contribution in [0.4, 0.5) is 0 Å². The van der Waals surface area contributed by atoms with Crippen LogP contribution in [0.5, 0.6) is 0 Å². The summed E-state index contributed by atoms with van der Waals surface area (Å²) in [6, 6.07) is 11.5. The van der Waals surface area contributed by atoms with Crippen molar-refractivity contribution in [1.29, 1.82) is 0 Å². The van der Waals surface area contributed by atoms with Gasteiger partial charge < -0.3 is 18.8 Å². The zero-order chi connectivity index (χ0) is 23.7. The lowest BCUT2D eigenvalue weighted by molar-refractivity contribution is 0.0585. The Morgan fingerprint density at radius 1 is 1.12 bits per heavy atom. The molecular weight excluding hydrogens is 422 g/mol. The van der Waals surface area contributed by atoms with Crippen LogP contribution < -0.4 is 5.43 Å². The molecule has 0 saturated heterocycles. The number of nitrogens with zero attached hydrogens (tertiary/aromatic N) is 1. The standard InChI is InChI=1S/C26H27NO6/c1-15(2)32-13-5-12-27-22(17-7-9-18(10-8-17)26(30)31-4)21-23(28)19-14-16(3)6-11-20(19)33-24(21)25(27)29/h6-11,14-15,22H,5,12-13H2,1-4H3/t22-/m0/s1. The van der Waals surface area contributed by atoms with E-state index in [1.807, 2.05) is 26.8 Å². The molecule has 33 heavy (non-hydrogen) atoms. The predicted molar refractivity (Wildman–Crippen MR) is 124 cm³/mol. The summed E-state index contributed by atoms with van der Waals surface area (Å²) in [7, 11) is 1.32. The van der Waals surface area contributed by atoms with Crippen molar-refractivity contribution in [2.45, 2.75) is 39.3 Å². The number of ether oxygens (including phenoxy) is 2. The Hall–Kier alpha value is -3.45. The van der Waals surface area contributed by atoms with Gasteiger partial charge in [0.05, 0.1) is 35.8 Å². The number of methoxy groups -OCH3 is 1. The predicted octanol–water partition coefficient (Wildman–Crippen LogP) is 4.25. The Morgan fingerprint density at radius 2 is 1.85 bits per heavy atom. The summed E-state index contributed by atoms with van der Waals surface area (Å²) in [6.45, 7) is 6.71. The van der Waals surface area contributed by atoms with Gasteiger partial charge in [-0.2, -0.15) is 0 Å². The first-order valence-electron chi connectivity index (χ1n) is 11.0. The molecule has 0 N–H and O–H groups in total. The van der Waals surface area contributed by atoms with Crippen LogP contribution in [0.3, 0.4) is 0 Å². The fourth-order valence-electron chi connectivity index (χ4n) is 4.18. The highest BCUT2D eigenvalue weighted by molar-refractivity contribution is 5.99. The summed E-state index contributed by atoms with van der Waals surface area (Å²) < 4.78 is 16.4. The van der Waals surface area contributed by atoms with Crippen LogP contribution in [-0.4, -0.2) is 43.1 Å². The average Bonchev–Trinajstić information content (AvgIpc) is 3.08. The first kappa shape index (κ1) is 22.7. The molecule has 0 fully saturated rings. The maximum Gasteiger partial charge on any atom is 0.337 e. The highest BCUT2D eigenvalue weighted by Crippen LogP contribution is 2.38. The smallest absolute Gasteiger partial charge is 0.337 e. The Kier molecular flexibility index (Phi) is 6.33. The quantitative estimate of drug-likeness (QED) is 0.396. The summed E-state index contributed by atoms with van der Waals surface area (Å²) in [5, 5.41) is 0.447. The summed E-state index contributed by atoms with van der Waals surface area (Å²) in [6.07, 6.45) is 0.705. The van der Waals surface area contributed by atoms with Gasteiger partial charge in [0.25, 0.3) is 5.91 Å². The highest BCUT2D eigenvalue weighted by atomic mass is 16.5. The number of benzene rings is 2. The Bertz CT molecular complexity index is 1260. The van der Waals surface area contributed by atoms with Gasteiger partial charge in [-0.25, -0.2) is 4.79 Å². The van der Waals surface area contributed by atoms with E-state index in [4.69, 9.17) is 13.9 Å². The molecule has 0 spiro atoms. The molecule has 0 unspecified atom stereocenters. The molecule has 1 aromatic heterocycles. The molecule has 2 heterocycles. The third-order valence-corrected chi connectivity index (χ3v) is 5.76. The van der Waals surface area contributed by atoms with Crippen molar-refractivity contribution in [2.75, 3.05) is 20.3 Å². The maximum absolute atomic E-state index is 13.6. The average molecular weight is 450 g/mol. The first-order chi connectivity index (χ1) is 15.8. The van der Waals surface area contributed by atoms with E-state index in [-0.39, 0.29) is 23.2 Å². The van der Waals surface area contributed by atoms with Crippen LogP contribution >= 0.6 is 0 Å². The van der Waals surface area contributed by atoms with E-state index < -0.39 is 12.0 Å². The third-order valence-electron chi connectivity index (χ3n) is 5.76. The van der Waals surface area contributed by atoms with Crippen LogP contribution in [0.1, 0.15) is 63.9 Å². The fourth-order valence-corrected chi connectivity index (χ4v) is 4.18. The number of hydrogen-bond donors (Lipinski definition) is 0. The molecule has 1 aliphatic rings. The molecule has 0 bridgehead atoms. The van der Waals surface area contributed by atoms with Gasteiger partial charge >= 0.3 is 5.97 Å². The fraction of sp³-hybridized carbons (Fsp3) is 0.346. The van der Waals surface area contributed by atoms with Gasteiger partial charge in [0.15, 0.2) is 5.43 Å². The SMILES string of the molecule is COC(=O)c1ccc([C@H]2c3c(oc4ccc(C)cc4c3=O)C(=O)N2CCCOC(C)C)cc1. The molecule has 2 aromatic carbocycles. The number of hydrogen-bond acceptors (Lipinski definition) is 6. The van der Waals surface area contributed by atoms with Gasteiger partial charge in [0.2, 0.25) is 5.76 Å².